The van der Waals surface area contributed by atoms with Crippen LogP contribution in [-0.4, -0.2) is 43.8 Å². The number of hydrogen-bond donors (Lipinski definition) is 1. The van der Waals surface area contributed by atoms with Gasteiger partial charge in [-0.15, -0.1) is 0 Å². The van der Waals surface area contributed by atoms with E-state index >= 15 is 0 Å². The Morgan fingerprint density at radius 1 is 1.05 bits per heavy atom. The minimum absolute atomic E-state index is 0.0994. The maximum Gasteiger partial charge on any atom is 0.269 e. The molecule has 8 nitrogen and oxygen atoms in total. The van der Waals surface area contributed by atoms with Crippen molar-refractivity contribution in [2.45, 2.75) is 66.2 Å². The maximum atomic E-state index is 13.0. The fourth-order valence-electron chi connectivity index (χ4n) is 4.18. The van der Waals surface area contributed by atoms with E-state index in [1.54, 1.807) is 20.2 Å². The van der Waals surface area contributed by atoms with Crippen LogP contribution in [0, 0.1) is 11.8 Å². The van der Waals surface area contributed by atoms with Gasteiger partial charge < -0.3 is 19.3 Å². The average molecular weight is 512 g/mol. The van der Waals surface area contributed by atoms with E-state index in [-0.39, 0.29) is 29.4 Å². The van der Waals surface area contributed by atoms with E-state index in [9.17, 15) is 9.59 Å². The summed E-state index contributed by atoms with van der Waals surface area (Å²) in [6.07, 6.45) is 2.98. The van der Waals surface area contributed by atoms with Gasteiger partial charge in [0.25, 0.3) is 11.8 Å². The zero-order valence-electron chi connectivity index (χ0n) is 23.4. The van der Waals surface area contributed by atoms with E-state index in [4.69, 9.17) is 19.0 Å². The molecule has 2 rings (SSSR count). The van der Waals surface area contributed by atoms with E-state index in [1.165, 1.54) is 7.11 Å². The van der Waals surface area contributed by atoms with Crippen LogP contribution in [0.4, 0.5) is 0 Å². The highest BCUT2D eigenvalue weighted by Crippen LogP contribution is 2.30. The molecule has 2 unspecified atom stereocenters. The van der Waals surface area contributed by atoms with Crippen LogP contribution in [0.5, 0.6) is 11.6 Å². The van der Waals surface area contributed by atoms with Crippen molar-refractivity contribution >= 4 is 23.0 Å². The van der Waals surface area contributed by atoms with Crippen LogP contribution in [0.2, 0.25) is 0 Å². The molecule has 2 aromatic rings. The van der Waals surface area contributed by atoms with Crippen LogP contribution in [0.15, 0.2) is 45.5 Å². The van der Waals surface area contributed by atoms with Crippen LogP contribution in [0.1, 0.15) is 77.5 Å². The maximum absolute atomic E-state index is 13.0. The molecule has 0 aliphatic carbocycles. The molecule has 1 N–H and O–H groups in total. The SMILES string of the molecule is CNC(=O)C(/N=C(\C)C(C)CCCCC(=O)C(c1cc(OC)no1)C(C)C)=C(/C)c1ccc(OC)cc1. The molecule has 0 spiro atoms. The number of amides is 1. The van der Waals surface area contributed by atoms with Crippen molar-refractivity contribution in [2.75, 3.05) is 21.3 Å². The molecule has 8 heteroatoms. The number of carbonyl (C=O) groups is 2. The Hall–Kier alpha value is -3.42. The number of carbonyl (C=O) groups excluding carboxylic acids is 2. The zero-order chi connectivity index (χ0) is 27.5. The van der Waals surface area contributed by atoms with Gasteiger partial charge in [0.15, 0.2) is 5.76 Å². The second-order valence-electron chi connectivity index (χ2n) is 9.64. The number of nitrogens with one attached hydrogen (secondary N) is 1. The lowest BCUT2D eigenvalue weighted by Crippen LogP contribution is -2.21. The van der Waals surface area contributed by atoms with Gasteiger partial charge in [0.2, 0.25) is 0 Å². The summed E-state index contributed by atoms with van der Waals surface area (Å²) in [7, 11) is 4.75. The number of unbranched alkanes of at least 4 members (excludes halogenated alkanes) is 1. The number of likely N-dealkylation sites (N-methyl/N-ethyl adjacent to an activating group) is 1. The number of ketones is 1. The Morgan fingerprint density at radius 2 is 1.73 bits per heavy atom. The molecule has 2 atom stereocenters. The Balaban J connectivity index is 2.03. The number of allylic oxidation sites excluding steroid dienone is 1. The van der Waals surface area contributed by atoms with Crippen molar-refractivity contribution in [1.29, 1.82) is 0 Å². The fourth-order valence-corrected chi connectivity index (χ4v) is 4.18. The van der Waals surface area contributed by atoms with E-state index in [0.29, 0.717) is 23.8 Å². The number of ether oxygens (including phenoxy) is 2. The number of aromatic nitrogens is 1. The summed E-state index contributed by atoms with van der Waals surface area (Å²) in [4.78, 5) is 30.3. The summed E-state index contributed by atoms with van der Waals surface area (Å²) in [5.41, 5.74) is 2.98. The third kappa shape index (κ3) is 8.30. The highest BCUT2D eigenvalue weighted by Gasteiger charge is 2.28. The molecule has 37 heavy (non-hydrogen) atoms. The van der Waals surface area contributed by atoms with Crippen molar-refractivity contribution in [3.63, 3.8) is 0 Å². The topological polar surface area (TPSA) is 103 Å². The normalized spacial score (nSPS) is 14.1. The largest absolute Gasteiger partial charge is 0.497 e. The van der Waals surface area contributed by atoms with Gasteiger partial charge in [-0.1, -0.05) is 39.3 Å². The molecule has 1 heterocycles. The summed E-state index contributed by atoms with van der Waals surface area (Å²) in [6, 6.07) is 9.26. The van der Waals surface area contributed by atoms with Gasteiger partial charge in [-0.25, -0.2) is 0 Å². The molecule has 0 saturated heterocycles. The van der Waals surface area contributed by atoms with E-state index < -0.39 is 0 Å². The highest BCUT2D eigenvalue weighted by molar-refractivity contribution is 6.03. The number of hydrogen-bond acceptors (Lipinski definition) is 7. The van der Waals surface area contributed by atoms with Crippen LogP contribution in [-0.2, 0) is 9.59 Å². The number of benzene rings is 1. The molecular weight excluding hydrogens is 470 g/mol. The molecule has 1 aromatic heterocycles. The smallest absolute Gasteiger partial charge is 0.269 e. The Labute approximate surface area is 220 Å². The summed E-state index contributed by atoms with van der Waals surface area (Å²) in [5.74, 6) is 1.53. The van der Waals surface area contributed by atoms with E-state index in [0.717, 1.165) is 41.9 Å². The summed E-state index contributed by atoms with van der Waals surface area (Å²) >= 11 is 0. The summed E-state index contributed by atoms with van der Waals surface area (Å²) < 4.78 is 15.7. The van der Waals surface area contributed by atoms with Crippen molar-refractivity contribution < 1.29 is 23.6 Å². The number of nitrogens with zero attached hydrogens (tertiary/aromatic N) is 2. The third-order valence-electron chi connectivity index (χ3n) is 6.67. The molecular formula is C29H41N3O5. The minimum atomic E-state index is -0.335. The average Bonchev–Trinajstić information content (AvgIpc) is 3.37. The minimum Gasteiger partial charge on any atom is -0.497 e. The Bertz CT molecular complexity index is 1100. The fraction of sp³-hybridized carbons (Fsp3) is 0.517. The molecule has 202 valence electrons. The molecule has 1 aromatic carbocycles. The van der Waals surface area contributed by atoms with Gasteiger partial charge in [0.1, 0.15) is 17.2 Å². The lowest BCUT2D eigenvalue weighted by atomic mass is 9.86. The Kier molecular flexibility index (Phi) is 11.6. The van der Waals surface area contributed by atoms with Crippen LogP contribution < -0.4 is 14.8 Å². The summed E-state index contributed by atoms with van der Waals surface area (Å²) in [6.45, 7) is 9.96. The highest BCUT2D eigenvalue weighted by atomic mass is 16.5. The molecule has 0 fully saturated rings. The first-order chi connectivity index (χ1) is 17.6. The number of methoxy groups -OCH3 is 2. The van der Waals surface area contributed by atoms with Gasteiger partial charge >= 0.3 is 0 Å². The molecule has 0 aliphatic rings. The van der Waals surface area contributed by atoms with Crippen LogP contribution >= 0.6 is 0 Å². The zero-order valence-corrected chi connectivity index (χ0v) is 23.4. The van der Waals surface area contributed by atoms with Crippen LogP contribution in [0.3, 0.4) is 0 Å². The van der Waals surface area contributed by atoms with Gasteiger partial charge in [0.05, 0.1) is 20.1 Å². The molecule has 1 amide bonds. The number of aliphatic imine (C=N–C) groups is 1. The predicted octanol–water partition coefficient (Wildman–Crippen LogP) is 5.84. The predicted molar refractivity (Wildman–Crippen MR) is 146 cm³/mol. The first-order valence-electron chi connectivity index (χ1n) is 12.8. The first kappa shape index (κ1) is 29.8. The second-order valence-corrected chi connectivity index (χ2v) is 9.64. The Morgan fingerprint density at radius 3 is 2.27 bits per heavy atom. The van der Waals surface area contributed by atoms with Crippen LogP contribution in [0.25, 0.3) is 5.57 Å². The number of Topliss-reactive ketones (excluding diaryl/α,β-unsaturated/α-hetero) is 1. The molecule has 0 bridgehead atoms. The van der Waals surface area contributed by atoms with Gasteiger partial charge in [-0.3, -0.25) is 14.6 Å². The van der Waals surface area contributed by atoms with Crippen molar-refractivity contribution in [1.82, 2.24) is 10.5 Å². The van der Waals surface area contributed by atoms with Gasteiger partial charge in [-0.05, 0) is 67.0 Å². The number of rotatable bonds is 14. The molecule has 0 radical (unpaired) electrons. The molecule has 0 saturated carbocycles. The van der Waals surface area contributed by atoms with Gasteiger partial charge in [0, 0.05) is 25.2 Å². The van der Waals surface area contributed by atoms with E-state index in [2.05, 4.69) is 17.4 Å². The van der Waals surface area contributed by atoms with Crippen molar-refractivity contribution in [3.8, 4) is 11.6 Å². The van der Waals surface area contributed by atoms with Gasteiger partial charge in [-0.2, -0.15) is 0 Å². The van der Waals surface area contributed by atoms with Crippen molar-refractivity contribution in [3.05, 3.63) is 47.4 Å². The third-order valence-corrected chi connectivity index (χ3v) is 6.67. The monoisotopic (exact) mass is 511 g/mol. The second kappa shape index (κ2) is 14.4. The van der Waals surface area contributed by atoms with Crippen molar-refractivity contribution in [2.24, 2.45) is 16.8 Å². The van der Waals surface area contributed by atoms with E-state index in [1.807, 2.05) is 52.0 Å². The quantitative estimate of drug-likeness (QED) is 0.194. The molecule has 0 aliphatic heterocycles. The lowest BCUT2D eigenvalue weighted by molar-refractivity contribution is -0.122. The lowest BCUT2D eigenvalue weighted by Gasteiger charge is -2.17. The standard InChI is InChI=1S/C29H41N3O5/c1-18(2)27(25-17-26(36-8)32-37-25)24(33)12-10-9-11-19(3)21(5)31-28(29(34)30-6)20(4)22-13-15-23(35-7)16-14-22/h13-19,27H,9-12H2,1-8H3,(H,30,34)/b28-20+,31-21+. The first-order valence-corrected chi connectivity index (χ1v) is 12.8. The summed E-state index contributed by atoms with van der Waals surface area (Å²) in [5, 5.41) is 6.54.